The Morgan fingerprint density at radius 2 is 2.15 bits per heavy atom. The van der Waals surface area contributed by atoms with Gasteiger partial charge in [0, 0.05) is 24.9 Å². The molecule has 0 fully saturated rings. The van der Waals surface area contributed by atoms with Crippen LogP contribution in [0.2, 0.25) is 0 Å². The third-order valence-corrected chi connectivity index (χ3v) is 2.45. The van der Waals surface area contributed by atoms with Crippen LogP contribution < -0.4 is 5.73 Å². The fourth-order valence-electron chi connectivity index (χ4n) is 1.68. The second kappa shape index (κ2) is 5.02. The van der Waals surface area contributed by atoms with E-state index < -0.39 is 0 Å². The van der Waals surface area contributed by atoms with E-state index in [9.17, 15) is 0 Å². The van der Waals surface area contributed by atoms with E-state index in [0.29, 0.717) is 12.6 Å². The van der Waals surface area contributed by atoms with Crippen LogP contribution in [0.4, 0.5) is 0 Å². The van der Waals surface area contributed by atoms with Crippen molar-refractivity contribution in [2.75, 3.05) is 6.54 Å². The van der Waals surface area contributed by atoms with Crippen LogP contribution in [0.5, 0.6) is 0 Å². The summed E-state index contributed by atoms with van der Waals surface area (Å²) < 4.78 is 2.26. The molecule has 3 heteroatoms. The molecule has 1 aromatic rings. The van der Waals surface area contributed by atoms with Crippen molar-refractivity contribution in [1.29, 1.82) is 0 Å². The molecule has 2 N–H and O–H groups in total. The molecule has 0 radical (unpaired) electrons. The average molecular weight is 181 g/mol. The normalized spacial score (nSPS) is 11.1. The Balaban J connectivity index is 2.78. The quantitative estimate of drug-likeness (QED) is 0.752. The van der Waals surface area contributed by atoms with Crippen molar-refractivity contribution in [2.45, 2.75) is 39.2 Å². The topological polar surface area (TPSA) is 43.8 Å². The Morgan fingerprint density at radius 3 is 2.69 bits per heavy atom. The van der Waals surface area contributed by atoms with Gasteiger partial charge in [0.25, 0.3) is 0 Å². The molecule has 0 unspecified atom stereocenters. The molecule has 0 spiro atoms. The summed E-state index contributed by atoms with van der Waals surface area (Å²) in [5.41, 5.74) is 5.52. The highest BCUT2D eigenvalue weighted by Crippen LogP contribution is 2.17. The first-order valence-electron chi connectivity index (χ1n) is 5.05. The van der Waals surface area contributed by atoms with Gasteiger partial charge in [0.2, 0.25) is 0 Å². The number of hydrogen-bond acceptors (Lipinski definition) is 2. The second-order valence-electron chi connectivity index (χ2n) is 3.26. The third kappa shape index (κ3) is 2.31. The summed E-state index contributed by atoms with van der Waals surface area (Å²) in [6, 6.07) is 0.587. The van der Waals surface area contributed by atoms with Gasteiger partial charge in [0.15, 0.2) is 0 Å². The van der Waals surface area contributed by atoms with Gasteiger partial charge in [-0.2, -0.15) is 0 Å². The number of rotatable bonds is 5. The number of nitrogens with two attached hydrogens (primary N) is 1. The lowest BCUT2D eigenvalue weighted by Gasteiger charge is -2.16. The molecule has 0 saturated carbocycles. The smallest absolute Gasteiger partial charge is 0.110 e. The van der Waals surface area contributed by atoms with Gasteiger partial charge < -0.3 is 10.3 Å². The highest BCUT2D eigenvalue weighted by molar-refractivity contribution is 4.95. The molecule has 0 saturated heterocycles. The summed E-state index contributed by atoms with van der Waals surface area (Å²) in [5.74, 6) is 1.12. The van der Waals surface area contributed by atoms with Crippen molar-refractivity contribution in [1.82, 2.24) is 9.55 Å². The molecular formula is C10H19N3. The Labute approximate surface area is 80.0 Å². The van der Waals surface area contributed by atoms with E-state index in [1.54, 1.807) is 0 Å². The monoisotopic (exact) mass is 181 g/mol. The van der Waals surface area contributed by atoms with E-state index in [1.165, 1.54) is 0 Å². The van der Waals surface area contributed by atoms with Gasteiger partial charge in [-0.1, -0.05) is 13.8 Å². The summed E-state index contributed by atoms with van der Waals surface area (Å²) >= 11 is 0. The zero-order valence-corrected chi connectivity index (χ0v) is 8.53. The molecular weight excluding hydrogens is 162 g/mol. The van der Waals surface area contributed by atoms with Crippen molar-refractivity contribution >= 4 is 0 Å². The van der Waals surface area contributed by atoms with Gasteiger partial charge in [-0.25, -0.2) is 4.98 Å². The van der Waals surface area contributed by atoms with Crippen LogP contribution in [0.15, 0.2) is 12.4 Å². The van der Waals surface area contributed by atoms with Crippen LogP contribution >= 0.6 is 0 Å². The first-order chi connectivity index (χ1) is 6.33. The lowest BCUT2D eigenvalue weighted by atomic mass is 10.1. The molecule has 0 aliphatic heterocycles. The van der Waals surface area contributed by atoms with Crippen LogP contribution in [0.25, 0.3) is 0 Å². The first-order valence-corrected chi connectivity index (χ1v) is 5.05. The van der Waals surface area contributed by atoms with Crippen molar-refractivity contribution in [2.24, 2.45) is 5.73 Å². The molecule has 3 nitrogen and oxygen atoms in total. The predicted octanol–water partition coefficient (Wildman–Crippen LogP) is 1.75. The fraction of sp³-hybridized carbons (Fsp3) is 0.700. The minimum atomic E-state index is 0.587. The summed E-state index contributed by atoms with van der Waals surface area (Å²) in [5, 5.41) is 0. The number of aromatic nitrogens is 2. The predicted molar refractivity (Wildman–Crippen MR) is 54.6 cm³/mol. The summed E-state index contributed by atoms with van der Waals surface area (Å²) in [6.45, 7) is 5.10. The molecule has 13 heavy (non-hydrogen) atoms. The highest BCUT2D eigenvalue weighted by Gasteiger charge is 2.09. The molecule has 0 atom stereocenters. The summed E-state index contributed by atoms with van der Waals surface area (Å²) in [4.78, 5) is 4.31. The standard InChI is InChI=1S/C10H19N3/c1-3-9(4-2)13-8-7-12-10(13)5-6-11/h7-9H,3-6,11H2,1-2H3. The number of imidazole rings is 1. The zero-order chi connectivity index (χ0) is 9.68. The van der Waals surface area contributed by atoms with Crippen molar-refractivity contribution < 1.29 is 0 Å². The zero-order valence-electron chi connectivity index (χ0n) is 8.53. The van der Waals surface area contributed by atoms with Crippen molar-refractivity contribution in [3.05, 3.63) is 18.2 Å². The Hall–Kier alpha value is -0.830. The molecule has 1 rings (SSSR count). The number of nitrogens with zero attached hydrogens (tertiary/aromatic N) is 2. The lowest BCUT2D eigenvalue weighted by Crippen LogP contribution is -2.13. The minimum absolute atomic E-state index is 0.587. The maximum Gasteiger partial charge on any atom is 0.110 e. The van der Waals surface area contributed by atoms with Crippen LogP contribution in [-0.2, 0) is 6.42 Å². The molecule has 0 bridgehead atoms. The van der Waals surface area contributed by atoms with Crippen LogP contribution in [-0.4, -0.2) is 16.1 Å². The molecule has 0 aliphatic rings. The molecule has 74 valence electrons. The van der Waals surface area contributed by atoms with Gasteiger partial charge in [-0.05, 0) is 19.4 Å². The molecule has 1 heterocycles. The molecule has 0 aromatic carbocycles. The largest absolute Gasteiger partial charge is 0.332 e. The Kier molecular flexibility index (Phi) is 3.96. The summed E-state index contributed by atoms with van der Waals surface area (Å²) in [7, 11) is 0. The van der Waals surface area contributed by atoms with Gasteiger partial charge in [-0.3, -0.25) is 0 Å². The highest BCUT2D eigenvalue weighted by atomic mass is 15.1. The van der Waals surface area contributed by atoms with E-state index in [1.807, 2.05) is 6.20 Å². The molecule has 0 amide bonds. The average Bonchev–Trinajstić information content (AvgIpc) is 2.57. The maximum atomic E-state index is 5.52. The lowest BCUT2D eigenvalue weighted by molar-refractivity contribution is 0.455. The van der Waals surface area contributed by atoms with Crippen LogP contribution in [0.3, 0.4) is 0 Å². The fourth-order valence-corrected chi connectivity index (χ4v) is 1.68. The van der Waals surface area contributed by atoms with Gasteiger partial charge in [0.1, 0.15) is 5.82 Å². The Morgan fingerprint density at radius 1 is 1.46 bits per heavy atom. The van der Waals surface area contributed by atoms with Gasteiger partial charge in [-0.15, -0.1) is 0 Å². The van der Waals surface area contributed by atoms with E-state index in [2.05, 4.69) is 29.6 Å². The number of hydrogen-bond donors (Lipinski definition) is 1. The first kappa shape index (κ1) is 10.3. The van der Waals surface area contributed by atoms with Crippen molar-refractivity contribution in [3.8, 4) is 0 Å². The van der Waals surface area contributed by atoms with E-state index >= 15 is 0 Å². The van der Waals surface area contributed by atoms with E-state index in [4.69, 9.17) is 5.73 Å². The van der Waals surface area contributed by atoms with E-state index in [-0.39, 0.29) is 0 Å². The third-order valence-electron chi connectivity index (χ3n) is 2.45. The molecule has 1 aromatic heterocycles. The van der Waals surface area contributed by atoms with Crippen LogP contribution in [0.1, 0.15) is 38.6 Å². The van der Waals surface area contributed by atoms with Gasteiger partial charge >= 0.3 is 0 Å². The maximum absolute atomic E-state index is 5.52. The second-order valence-corrected chi connectivity index (χ2v) is 3.26. The SMILES string of the molecule is CCC(CC)n1ccnc1CCN. The van der Waals surface area contributed by atoms with Crippen LogP contribution in [0, 0.1) is 0 Å². The van der Waals surface area contributed by atoms with E-state index in [0.717, 1.165) is 25.1 Å². The molecule has 0 aliphatic carbocycles. The van der Waals surface area contributed by atoms with Gasteiger partial charge in [0.05, 0.1) is 0 Å². The van der Waals surface area contributed by atoms with Crippen molar-refractivity contribution in [3.63, 3.8) is 0 Å². The Bertz CT molecular complexity index is 238. The minimum Gasteiger partial charge on any atom is -0.332 e. The summed E-state index contributed by atoms with van der Waals surface area (Å²) in [6.07, 6.45) is 7.12.